The molecule has 0 spiro atoms. The second kappa shape index (κ2) is 7.67. The van der Waals surface area contributed by atoms with Gasteiger partial charge in [-0.15, -0.1) is 0 Å². The molecule has 2 aliphatic heterocycles. The van der Waals surface area contributed by atoms with E-state index in [4.69, 9.17) is 4.98 Å². The van der Waals surface area contributed by atoms with Crippen molar-refractivity contribution in [3.8, 4) is 0 Å². The fourth-order valence-corrected chi connectivity index (χ4v) is 6.42. The molecule has 2 aromatic carbocycles. The van der Waals surface area contributed by atoms with Crippen LogP contribution in [0.4, 0.5) is 22.9 Å². The van der Waals surface area contributed by atoms with Crippen molar-refractivity contribution in [2.75, 3.05) is 9.80 Å². The van der Waals surface area contributed by atoms with Crippen molar-refractivity contribution < 1.29 is 0 Å². The SMILES string of the molecule is CCC1c2ccccc2N2c3ncncc3N(c3ccccc3)C2C(CC)(CC)C1C. The first-order chi connectivity index (χ1) is 15.2. The van der Waals surface area contributed by atoms with Crippen molar-refractivity contribution in [2.24, 2.45) is 11.3 Å². The third-order valence-corrected chi connectivity index (χ3v) is 8.06. The van der Waals surface area contributed by atoms with E-state index in [2.05, 4.69) is 97.1 Å². The Morgan fingerprint density at radius 1 is 0.871 bits per heavy atom. The third-order valence-electron chi connectivity index (χ3n) is 8.06. The third kappa shape index (κ3) is 2.73. The van der Waals surface area contributed by atoms with Gasteiger partial charge in [0.05, 0.1) is 6.20 Å². The van der Waals surface area contributed by atoms with Crippen LogP contribution in [-0.2, 0) is 0 Å². The van der Waals surface area contributed by atoms with Crippen LogP contribution in [-0.4, -0.2) is 16.1 Å². The predicted octanol–water partition coefficient (Wildman–Crippen LogP) is 7.04. The van der Waals surface area contributed by atoms with Gasteiger partial charge in [0.1, 0.15) is 18.2 Å². The summed E-state index contributed by atoms with van der Waals surface area (Å²) >= 11 is 0. The molecule has 3 aromatic rings. The lowest BCUT2D eigenvalue weighted by atomic mass is 9.63. The molecule has 0 bridgehead atoms. The van der Waals surface area contributed by atoms with E-state index in [1.807, 2.05) is 6.20 Å². The Bertz CT molecular complexity index is 1060. The predicted molar refractivity (Wildman–Crippen MR) is 128 cm³/mol. The standard InChI is InChI=1S/C27H32N4/c1-5-21-19(4)27(6-2,7-3)26-30(20-13-9-8-10-14-20)24-17-28-18-29-25(24)31(26)23-16-12-11-15-22(21)23/h8-19,21,26H,5-7H2,1-4H3. The average Bonchev–Trinajstić information content (AvgIpc) is 3.13. The quantitative estimate of drug-likeness (QED) is 0.460. The van der Waals surface area contributed by atoms with E-state index in [9.17, 15) is 0 Å². The van der Waals surface area contributed by atoms with Gasteiger partial charge in [-0.25, -0.2) is 9.97 Å². The Morgan fingerprint density at radius 2 is 1.58 bits per heavy atom. The van der Waals surface area contributed by atoms with Crippen LogP contribution in [0, 0.1) is 11.3 Å². The van der Waals surface area contributed by atoms with Gasteiger partial charge in [-0.2, -0.15) is 0 Å². The minimum absolute atomic E-state index is 0.0935. The lowest BCUT2D eigenvalue weighted by molar-refractivity contribution is 0.102. The maximum Gasteiger partial charge on any atom is 0.162 e. The molecular formula is C27H32N4. The summed E-state index contributed by atoms with van der Waals surface area (Å²) in [7, 11) is 0. The second-order valence-electron chi connectivity index (χ2n) is 8.98. The number of hydrogen-bond acceptors (Lipinski definition) is 4. The van der Waals surface area contributed by atoms with Crippen molar-refractivity contribution in [2.45, 2.75) is 59.0 Å². The Balaban J connectivity index is 1.86. The number of rotatable bonds is 4. The zero-order chi connectivity index (χ0) is 21.6. The van der Waals surface area contributed by atoms with Crippen LogP contribution in [0.3, 0.4) is 0 Å². The summed E-state index contributed by atoms with van der Waals surface area (Å²) in [6, 6.07) is 19.8. The second-order valence-corrected chi connectivity index (χ2v) is 8.98. The van der Waals surface area contributed by atoms with E-state index in [-0.39, 0.29) is 11.6 Å². The summed E-state index contributed by atoms with van der Waals surface area (Å²) in [6.07, 6.45) is 7.21. The molecule has 3 atom stereocenters. The zero-order valence-electron chi connectivity index (χ0n) is 19.0. The molecule has 31 heavy (non-hydrogen) atoms. The van der Waals surface area contributed by atoms with E-state index < -0.39 is 0 Å². The molecular weight excluding hydrogens is 380 g/mol. The van der Waals surface area contributed by atoms with Gasteiger partial charge in [0.25, 0.3) is 0 Å². The van der Waals surface area contributed by atoms with Gasteiger partial charge >= 0.3 is 0 Å². The molecule has 3 heterocycles. The summed E-state index contributed by atoms with van der Waals surface area (Å²) in [6.45, 7) is 9.58. The molecule has 4 heteroatoms. The molecule has 0 fully saturated rings. The lowest BCUT2D eigenvalue weighted by Gasteiger charge is -2.49. The van der Waals surface area contributed by atoms with Crippen LogP contribution in [0.25, 0.3) is 0 Å². The van der Waals surface area contributed by atoms with E-state index >= 15 is 0 Å². The van der Waals surface area contributed by atoms with Crippen LogP contribution < -0.4 is 9.80 Å². The van der Waals surface area contributed by atoms with Gasteiger partial charge < -0.3 is 9.80 Å². The number of nitrogens with zero attached hydrogens (tertiary/aromatic N) is 4. The normalized spacial score (nSPS) is 23.7. The summed E-state index contributed by atoms with van der Waals surface area (Å²) in [5.41, 5.74) is 5.15. The highest BCUT2D eigenvalue weighted by Gasteiger charge is 2.56. The van der Waals surface area contributed by atoms with E-state index in [0.717, 1.165) is 30.8 Å². The number of anilines is 4. The van der Waals surface area contributed by atoms with Crippen molar-refractivity contribution in [1.82, 2.24) is 9.97 Å². The first kappa shape index (κ1) is 20.0. The lowest BCUT2D eigenvalue weighted by Crippen LogP contribution is -2.54. The maximum absolute atomic E-state index is 4.84. The highest BCUT2D eigenvalue weighted by molar-refractivity contribution is 5.87. The highest BCUT2D eigenvalue weighted by Crippen LogP contribution is 2.61. The molecule has 3 unspecified atom stereocenters. The van der Waals surface area contributed by atoms with Gasteiger partial charge in [-0.3, -0.25) is 0 Å². The first-order valence-electron chi connectivity index (χ1n) is 11.7. The van der Waals surface area contributed by atoms with Gasteiger partial charge in [-0.05, 0) is 54.9 Å². The number of fused-ring (bicyclic) bond motifs is 5. The zero-order valence-corrected chi connectivity index (χ0v) is 19.0. The molecule has 160 valence electrons. The van der Waals surface area contributed by atoms with Crippen LogP contribution in [0.1, 0.15) is 58.4 Å². The molecule has 0 radical (unpaired) electrons. The number of hydrogen-bond donors (Lipinski definition) is 0. The average molecular weight is 413 g/mol. The van der Waals surface area contributed by atoms with Crippen molar-refractivity contribution in [1.29, 1.82) is 0 Å². The number of aromatic nitrogens is 2. The fourth-order valence-electron chi connectivity index (χ4n) is 6.42. The van der Waals surface area contributed by atoms with Crippen LogP contribution in [0.2, 0.25) is 0 Å². The Labute approximate surface area is 186 Å². The summed E-state index contributed by atoms with van der Waals surface area (Å²) < 4.78 is 0. The smallest absolute Gasteiger partial charge is 0.162 e. The molecule has 0 saturated heterocycles. The number of benzene rings is 2. The molecule has 2 aliphatic rings. The minimum Gasteiger partial charge on any atom is -0.315 e. The van der Waals surface area contributed by atoms with E-state index in [1.54, 1.807) is 6.33 Å². The van der Waals surface area contributed by atoms with Gasteiger partial charge in [-0.1, -0.05) is 64.1 Å². The van der Waals surface area contributed by atoms with Crippen LogP contribution >= 0.6 is 0 Å². The molecule has 5 rings (SSSR count). The van der Waals surface area contributed by atoms with Crippen molar-refractivity contribution in [3.05, 3.63) is 72.7 Å². The molecule has 1 aromatic heterocycles. The molecule has 0 amide bonds. The molecule has 4 nitrogen and oxygen atoms in total. The molecule has 0 aliphatic carbocycles. The fraction of sp³-hybridized carbons (Fsp3) is 0.407. The Morgan fingerprint density at radius 3 is 2.29 bits per heavy atom. The van der Waals surface area contributed by atoms with Crippen molar-refractivity contribution >= 4 is 22.9 Å². The molecule has 0 N–H and O–H groups in total. The highest BCUT2D eigenvalue weighted by atomic mass is 15.5. The van der Waals surface area contributed by atoms with Gasteiger partial charge in [0.15, 0.2) is 5.82 Å². The largest absolute Gasteiger partial charge is 0.315 e. The summed E-state index contributed by atoms with van der Waals surface area (Å²) in [4.78, 5) is 14.3. The topological polar surface area (TPSA) is 32.3 Å². The van der Waals surface area contributed by atoms with Crippen LogP contribution in [0.5, 0.6) is 0 Å². The number of para-hydroxylation sites is 2. The van der Waals surface area contributed by atoms with Crippen molar-refractivity contribution in [3.63, 3.8) is 0 Å². The monoisotopic (exact) mass is 412 g/mol. The van der Waals surface area contributed by atoms with Gasteiger partial charge in [0.2, 0.25) is 0 Å². The summed E-state index contributed by atoms with van der Waals surface area (Å²) in [5, 5.41) is 0. The summed E-state index contributed by atoms with van der Waals surface area (Å²) in [5.74, 6) is 2.06. The molecule has 0 saturated carbocycles. The van der Waals surface area contributed by atoms with E-state index in [1.165, 1.54) is 16.9 Å². The van der Waals surface area contributed by atoms with E-state index in [0.29, 0.717) is 11.8 Å². The van der Waals surface area contributed by atoms with Gasteiger partial charge in [0, 0.05) is 16.8 Å². The maximum atomic E-state index is 4.84. The first-order valence-corrected chi connectivity index (χ1v) is 11.7. The Kier molecular flexibility index (Phi) is 4.96. The minimum atomic E-state index is 0.0935. The Hall–Kier alpha value is -2.88. The van der Waals surface area contributed by atoms with Crippen LogP contribution in [0.15, 0.2) is 67.1 Å².